The second-order valence-electron chi connectivity index (χ2n) is 4.49. The van der Waals surface area contributed by atoms with Crippen LogP contribution < -0.4 is 5.32 Å². The molecule has 1 aliphatic rings. The Morgan fingerprint density at radius 3 is 2.23 bits per heavy atom. The number of nitrogens with one attached hydrogen (secondary N) is 1. The summed E-state index contributed by atoms with van der Waals surface area (Å²) in [6, 6.07) is 0.767. The number of rotatable bonds is 4. The zero-order valence-corrected chi connectivity index (χ0v) is 9.31. The average Bonchev–Trinajstić information content (AvgIpc) is 2.42. The first-order valence-corrected chi connectivity index (χ1v) is 6.04. The van der Waals surface area contributed by atoms with Gasteiger partial charge in [0.15, 0.2) is 0 Å². The van der Waals surface area contributed by atoms with Gasteiger partial charge in [-0.3, -0.25) is 0 Å². The maximum absolute atomic E-state index is 3.42. The van der Waals surface area contributed by atoms with Crippen LogP contribution in [0.3, 0.4) is 0 Å². The Balaban J connectivity index is 2.24. The van der Waals surface area contributed by atoms with Gasteiger partial charge in [0.05, 0.1) is 0 Å². The molecule has 1 atom stereocenters. The molecular formula is C12H25N. The molecule has 1 aliphatic carbocycles. The van der Waals surface area contributed by atoms with E-state index < -0.39 is 0 Å². The fraction of sp³-hybridized carbons (Fsp3) is 1.00. The summed E-state index contributed by atoms with van der Waals surface area (Å²) in [7, 11) is 2.10. The second-order valence-corrected chi connectivity index (χ2v) is 4.49. The minimum absolute atomic E-state index is 0.767. The lowest BCUT2D eigenvalue weighted by Crippen LogP contribution is -2.26. The van der Waals surface area contributed by atoms with Crippen molar-refractivity contribution in [3.63, 3.8) is 0 Å². The molecule has 1 nitrogen and oxygen atoms in total. The van der Waals surface area contributed by atoms with Crippen molar-refractivity contribution in [2.24, 2.45) is 5.92 Å². The highest BCUT2D eigenvalue weighted by atomic mass is 14.9. The van der Waals surface area contributed by atoms with Crippen molar-refractivity contribution in [1.82, 2.24) is 5.32 Å². The minimum Gasteiger partial charge on any atom is -0.317 e. The molecule has 0 aromatic rings. The second kappa shape index (κ2) is 6.42. The van der Waals surface area contributed by atoms with Gasteiger partial charge in [0, 0.05) is 6.04 Å². The summed E-state index contributed by atoms with van der Waals surface area (Å²) >= 11 is 0. The number of hydrogen-bond acceptors (Lipinski definition) is 1. The molecule has 1 N–H and O–H groups in total. The Hall–Kier alpha value is -0.0400. The Morgan fingerprint density at radius 1 is 1.15 bits per heavy atom. The van der Waals surface area contributed by atoms with Crippen molar-refractivity contribution in [2.45, 2.75) is 64.3 Å². The Morgan fingerprint density at radius 2 is 1.77 bits per heavy atom. The zero-order valence-electron chi connectivity index (χ0n) is 9.31. The molecule has 78 valence electrons. The van der Waals surface area contributed by atoms with Gasteiger partial charge in [-0.2, -0.15) is 0 Å². The fourth-order valence-corrected chi connectivity index (χ4v) is 2.49. The standard InChI is InChI=1S/C12H25N/c1-3-12(13-2)10-11-8-6-4-5-7-9-11/h11-13H,3-10H2,1-2H3. The lowest BCUT2D eigenvalue weighted by Gasteiger charge is -2.20. The summed E-state index contributed by atoms with van der Waals surface area (Å²) in [6.45, 7) is 2.29. The van der Waals surface area contributed by atoms with Crippen molar-refractivity contribution in [3.8, 4) is 0 Å². The molecule has 0 radical (unpaired) electrons. The molecular weight excluding hydrogens is 158 g/mol. The van der Waals surface area contributed by atoms with Crippen LogP contribution in [0, 0.1) is 5.92 Å². The molecule has 0 bridgehead atoms. The van der Waals surface area contributed by atoms with Crippen LogP contribution in [-0.2, 0) is 0 Å². The molecule has 0 saturated heterocycles. The predicted molar refractivity (Wildman–Crippen MR) is 58.9 cm³/mol. The highest BCUT2D eigenvalue weighted by molar-refractivity contribution is 4.71. The number of hydrogen-bond donors (Lipinski definition) is 1. The van der Waals surface area contributed by atoms with Crippen molar-refractivity contribution in [3.05, 3.63) is 0 Å². The highest BCUT2D eigenvalue weighted by Gasteiger charge is 2.15. The zero-order chi connectivity index (χ0) is 9.52. The van der Waals surface area contributed by atoms with Crippen LogP contribution in [0.15, 0.2) is 0 Å². The van der Waals surface area contributed by atoms with Crippen LogP contribution in [-0.4, -0.2) is 13.1 Å². The van der Waals surface area contributed by atoms with Crippen LogP contribution >= 0.6 is 0 Å². The van der Waals surface area contributed by atoms with E-state index >= 15 is 0 Å². The monoisotopic (exact) mass is 183 g/mol. The van der Waals surface area contributed by atoms with Gasteiger partial charge in [-0.05, 0) is 25.8 Å². The van der Waals surface area contributed by atoms with Gasteiger partial charge in [-0.1, -0.05) is 45.4 Å². The highest BCUT2D eigenvalue weighted by Crippen LogP contribution is 2.26. The largest absolute Gasteiger partial charge is 0.317 e. The molecule has 0 amide bonds. The molecule has 1 rings (SSSR count). The predicted octanol–water partition coefficient (Wildman–Crippen LogP) is 3.34. The Labute approximate surface area is 83.3 Å². The van der Waals surface area contributed by atoms with Gasteiger partial charge in [0.25, 0.3) is 0 Å². The molecule has 13 heavy (non-hydrogen) atoms. The van der Waals surface area contributed by atoms with Gasteiger partial charge in [0.2, 0.25) is 0 Å². The maximum atomic E-state index is 3.42. The smallest absolute Gasteiger partial charge is 0.00640 e. The quantitative estimate of drug-likeness (QED) is 0.659. The van der Waals surface area contributed by atoms with E-state index in [2.05, 4.69) is 19.3 Å². The van der Waals surface area contributed by atoms with Gasteiger partial charge in [-0.25, -0.2) is 0 Å². The molecule has 0 aromatic heterocycles. The minimum atomic E-state index is 0.767. The van der Waals surface area contributed by atoms with E-state index in [0.29, 0.717) is 0 Å². The van der Waals surface area contributed by atoms with E-state index in [0.717, 1.165) is 12.0 Å². The van der Waals surface area contributed by atoms with Crippen molar-refractivity contribution < 1.29 is 0 Å². The van der Waals surface area contributed by atoms with Crippen LogP contribution in [0.25, 0.3) is 0 Å². The van der Waals surface area contributed by atoms with Gasteiger partial charge in [-0.15, -0.1) is 0 Å². The third-order valence-electron chi connectivity index (χ3n) is 3.49. The maximum Gasteiger partial charge on any atom is 0.00640 e. The van der Waals surface area contributed by atoms with Crippen molar-refractivity contribution >= 4 is 0 Å². The van der Waals surface area contributed by atoms with Gasteiger partial charge < -0.3 is 5.32 Å². The van der Waals surface area contributed by atoms with Crippen molar-refractivity contribution in [1.29, 1.82) is 0 Å². The van der Waals surface area contributed by atoms with E-state index in [9.17, 15) is 0 Å². The summed E-state index contributed by atoms with van der Waals surface area (Å²) in [5, 5.41) is 3.42. The lowest BCUT2D eigenvalue weighted by molar-refractivity contribution is 0.357. The summed E-state index contributed by atoms with van der Waals surface area (Å²) in [5.41, 5.74) is 0. The molecule has 0 spiro atoms. The topological polar surface area (TPSA) is 12.0 Å². The molecule has 1 saturated carbocycles. The van der Waals surface area contributed by atoms with Crippen LogP contribution in [0.1, 0.15) is 58.3 Å². The van der Waals surface area contributed by atoms with Gasteiger partial charge in [0.1, 0.15) is 0 Å². The molecule has 1 heteroatoms. The SMILES string of the molecule is CCC(CC1CCCCCC1)NC. The summed E-state index contributed by atoms with van der Waals surface area (Å²) in [6.07, 6.45) is 11.6. The summed E-state index contributed by atoms with van der Waals surface area (Å²) in [4.78, 5) is 0. The fourth-order valence-electron chi connectivity index (χ4n) is 2.49. The third kappa shape index (κ3) is 4.12. The van der Waals surface area contributed by atoms with Crippen LogP contribution in [0.2, 0.25) is 0 Å². The van der Waals surface area contributed by atoms with E-state index in [1.807, 2.05) is 0 Å². The Kier molecular flexibility index (Phi) is 5.45. The van der Waals surface area contributed by atoms with Crippen LogP contribution in [0.4, 0.5) is 0 Å². The summed E-state index contributed by atoms with van der Waals surface area (Å²) in [5.74, 6) is 1.01. The Bertz CT molecular complexity index is 110. The van der Waals surface area contributed by atoms with E-state index in [4.69, 9.17) is 0 Å². The normalized spacial score (nSPS) is 22.6. The lowest BCUT2D eigenvalue weighted by atomic mass is 9.92. The molecule has 0 heterocycles. The first kappa shape index (κ1) is 11.0. The van der Waals surface area contributed by atoms with E-state index in [1.165, 1.54) is 51.4 Å². The van der Waals surface area contributed by atoms with E-state index in [1.54, 1.807) is 0 Å². The van der Waals surface area contributed by atoms with Gasteiger partial charge >= 0.3 is 0 Å². The summed E-state index contributed by atoms with van der Waals surface area (Å²) < 4.78 is 0. The van der Waals surface area contributed by atoms with Crippen LogP contribution in [0.5, 0.6) is 0 Å². The molecule has 1 unspecified atom stereocenters. The molecule has 1 fully saturated rings. The first-order valence-electron chi connectivity index (χ1n) is 6.04. The van der Waals surface area contributed by atoms with E-state index in [-0.39, 0.29) is 0 Å². The first-order chi connectivity index (χ1) is 6.36. The average molecular weight is 183 g/mol. The van der Waals surface area contributed by atoms with Crippen molar-refractivity contribution in [2.75, 3.05) is 7.05 Å². The molecule has 0 aliphatic heterocycles. The third-order valence-corrected chi connectivity index (χ3v) is 3.49. The molecule has 0 aromatic carbocycles.